The first-order chi connectivity index (χ1) is 14.0. The molecule has 30 heavy (non-hydrogen) atoms. The van der Waals surface area contributed by atoms with Crippen LogP contribution in [-0.4, -0.2) is 10.9 Å². The van der Waals surface area contributed by atoms with E-state index in [0.29, 0.717) is 5.56 Å². The summed E-state index contributed by atoms with van der Waals surface area (Å²) >= 11 is 3.15. The predicted molar refractivity (Wildman–Crippen MR) is 98.6 cm³/mol. The first-order valence-electron chi connectivity index (χ1n) is 8.27. The van der Waals surface area contributed by atoms with Gasteiger partial charge in [-0.2, -0.15) is 13.2 Å². The molecule has 0 aliphatic heterocycles. The maximum absolute atomic E-state index is 14.3. The zero-order chi connectivity index (χ0) is 22.2. The van der Waals surface area contributed by atoms with E-state index in [-0.39, 0.29) is 16.3 Å². The number of rotatable bonds is 5. The van der Waals surface area contributed by atoms with Crippen LogP contribution in [0.25, 0.3) is 11.3 Å². The SMILES string of the molecule is CC(Oc1ccc(F)c(C(N)=O)c1F)c1nc(Br)c(-c2ccc(C(F)(F)F)cc2)o1. The van der Waals surface area contributed by atoms with E-state index in [2.05, 4.69) is 20.9 Å². The number of ether oxygens (including phenoxy) is 1. The van der Waals surface area contributed by atoms with E-state index in [9.17, 15) is 26.7 Å². The summed E-state index contributed by atoms with van der Waals surface area (Å²) in [4.78, 5) is 15.3. The predicted octanol–water partition coefficient (Wildman–Crippen LogP) is 5.64. The van der Waals surface area contributed by atoms with Crippen molar-refractivity contribution in [2.75, 3.05) is 0 Å². The molecule has 0 spiro atoms. The Balaban J connectivity index is 1.87. The fraction of sp³-hybridized carbons (Fsp3) is 0.158. The molecule has 0 bridgehead atoms. The van der Waals surface area contributed by atoms with Crippen LogP contribution >= 0.6 is 15.9 Å². The van der Waals surface area contributed by atoms with E-state index < -0.39 is 46.7 Å². The smallest absolute Gasteiger partial charge is 0.416 e. The quantitative estimate of drug-likeness (QED) is 0.469. The van der Waals surface area contributed by atoms with E-state index in [1.54, 1.807) is 0 Å². The van der Waals surface area contributed by atoms with Gasteiger partial charge in [0.05, 0.1) is 5.56 Å². The summed E-state index contributed by atoms with van der Waals surface area (Å²) < 4.78 is 77.1. The number of carbonyl (C=O) groups excluding carboxylic acids is 1. The minimum absolute atomic E-state index is 0.0406. The van der Waals surface area contributed by atoms with Gasteiger partial charge in [-0.1, -0.05) is 12.1 Å². The Kier molecular flexibility index (Phi) is 5.84. The van der Waals surface area contributed by atoms with E-state index in [1.807, 2.05) is 0 Å². The minimum atomic E-state index is -4.48. The molecule has 2 aromatic carbocycles. The Morgan fingerprint density at radius 1 is 1.17 bits per heavy atom. The van der Waals surface area contributed by atoms with Crippen LogP contribution in [-0.2, 0) is 6.18 Å². The number of aromatic nitrogens is 1. The summed E-state index contributed by atoms with van der Waals surface area (Å²) in [6.45, 7) is 1.45. The van der Waals surface area contributed by atoms with Gasteiger partial charge < -0.3 is 14.9 Å². The largest absolute Gasteiger partial charge is 0.478 e. The normalized spacial score (nSPS) is 12.6. The Labute approximate surface area is 174 Å². The third-order valence-electron chi connectivity index (χ3n) is 4.03. The molecule has 0 aliphatic rings. The van der Waals surface area contributed by atoms with Gasteiger partial charge in [0.1, 0.15) is 11.4 Å². The third kappa shape index (κ3) is 4.30. The highest BCUT2D eigenvalue weighted by Crippen LogP contribution is 2.35. The molecule has 2 N–H and O–H groups in total. The second-order valence-electron chi connectivity index (χ2n) is 6.11. The maximum atomic E-state index is 14.3. The molecule has 3 aromatic rings. The van der Waals surface area contributed by atoms with Gasteiger partial charge in [-0.25, -0.2) is 13.8 Å². The molecule has 5 nitrogen and oxygen atoms in total. The highest BCUT2D eigenvalue weighted by atomic mass is 79.9. The summed E-state index contributed by atoms with van der Waals surface area (Å²) in [6, 6.07) is 6.00. The first-order valence-corrected chi connectivity index (χ1v) is 9.06. The van der Waals surface area contributed by atoms with Gasteiger partial charge in [0.15, 0.2) is 28.0 Å². The van der Waals surface area contributed by atoms with Gasteiger partial charge in [0.25, 0.3) is 5.91 Å². The summed E-state index contributed by atoms with van der Waals surface area (Å²) in [5.74, 6) is -4.08. The first kappa shape index (κ1) is 21.8. The fourth-order valence-corrected chi connectivity index (χ4v) is 3.06. The average molecular weight is 491 g/mol. The van der Waals surface area contributed by atoms with Crippen molar-refractivity contribution in [1.82, 2.24) is 4.98 Å². The van der Waals surface area contributed by atoms with Crippen molar-refractivity contribution in [3.05, 3.63) is 69.7 Å². The molecule has 1 amide bonds. The molecular weight excluding hydrogens is 479 g/mol. The number of halogens is 6. The van der Waals surface area contributed by atoms with Gasteiger partial charge in [-0.05, 0) is 47.1 Å². The number of oxazole rings is 1. The summed E-state index contributed by atoms with van der Waals surface area (Å²) in [6.07, 6.45) is -5.47. The zero-order valence-corrected chi connectivity index (χ0v) is 16.6. The van der Waals surface area contributed by atoms with Crippen LogP contribution in [0.15, 0.2) is 45.4 Å². The molecule has 0 saturated carbocycles. The molecule has 1 aromatic heterocycles. The standard InChI is InChI=1S/C19H12BrF5N2O3/c1-8(29-12-7-6-11(21)13(14(12)22)17(26)28)18-27-16(20)15(30-18)9-2-4-10(5-3-9)19(23,24)25/h2-8H,1H3,(H2,26,28). The van der Waals surface area contributed by atoms with Crippen molar-refractivity contribution >= 4 is 21.8 Å². The van der Waals surface area contributed by atoms with E-state index in [0.717, 1.165) is 24.3 Å². The van der Waals surface area contributed by atoms with Crippen molar-refractivity contribution in [1.29, 1.82) is 0 Å². The molecule has 0 aliphatic carbocycles. The number of amides is 1. The van der Waals surface area contributed by atoms with Crippen molar-refractivity contribution in [2.45, 2.75) is 19.2 Å². The number of primary amides is 1. The van der Waals surface area contributed by atoms with Crippen LogP contribution < -0.4 is 10.5 Å². The fourth-order valence-electron chi connectivity index (χ4n) is 2.57. The number of alkyl halides is 3. The topological polar surface area (TPSA) is 78.4 Å². The molecule has 3 rings (SSSR count). The van der Waals surface area contributed by atoms with Gasteiger partial charge in [0.2, 0.25) is 5.89 Å². The van der Waals surface area contributed by atoms with Gasteiger partial charge >= 0.3 is 6.18 Å². The molecule has 11 heteroatoms. The molecule has 1 atom stereocenters. The van der Waals surface area contributed by atoms with Crippen molar-refractivity contribution in [3.8, 4) is 17.1 Å². The number of nitrogens with two attached hydrogens (primary N) is 1. The van der Waals surface area contributed by atoms with Crippen LogP contribution in [0.1, 0.15) is 34.8 Å². The third-order valence-corrected chi connectivity index (χ3v) is 4.57. The van der Waals surface area contributed by atoms with Crippen LogP contribution in [0.4, 0.5) is 22.0 Å². The molecular formula is C19H12BrF5N2O3. The maximum Gasteiger partial charge on any atom is 0.416 e. The molecule has 0 fully saturated rings. The van der Waals surface area contributed by atoms with E-state index >= 15 is 0 Å². The Bertz CT molecular complexity index is 1100. The van der Waals surface area contributed by atoms with E-state index in [4.69, 9.17) is 14.9 Å². The highest BCUT2D eigenvalue weighted by Gasteiger charge is 2.30. The molecule has 0 saturated heterocycles. The molecule has 1 heterocycles. The van der Waals surface area contributed by atoms with Gasteiger partial charge in [0, 0.05) is 5.56 Å². The number of benzene rings is 2. The minimum Gasteiger partial charge on any atom is -0.478 e. The Morgan fingerprint density at radius 2 is 1.80 bits per heavy atom. The zero-order valence-electron chi connectivity index (χ0n) is 15.1. The van der Waals surface area contributed by atoms with Gasteiger partial charge in [-0.3, -0.25) is 4.79 Å². The van der Waals surface area contributed by atoms with Crippen molar-refractivity contribution in [2.24, 2.45) is 5.73 Å². The summed E-state index contributed by atoms with van der Waals surface area (Å²) in [5.41, 5.74) is 3.51. The van der Waals surface area contributed by atoms with Crippen LogP contribution in [0.5, 0.6) is 5.75 Å². The number of carbonyl (C=O) groups is 1. The van der Waals surface area contributed by atoms with Crippen LogP contribution in [0, 0.1) is 11.6 Å². The summed E-state index contributed by atoms with van der Waals surface area (Å²) in [7, 11) is 0. The Hall–Kier alpha value is -2.95. The molecule has 1 unspecified atom stereocenters. The second kappa shape index (κ2) is 8.05. The number of hydrogen-bond acceptors (Lipinski definition) is 4. The number of hydrogen-bond donors (Lipinski definition) is 1. The lowest BCUT2D eigenvalue weighted by Gasteiger charge is -2.13. The number of nitrogens with zero attached hydrogens (tertiary/aromatic N) is 1. The molecule has 158 valence electrons. The van der Waals surface area contributed by atoms with Crippen molar-refractivity contribution in [3.63, 3.8) is 0 Å². The summed E-state index contributed by atoms with van der Waals surface area (Å²) in [5, 5.41) is 0. The second-order valence-corrected chi connectivity index (χ2v) is 6.86. The highest BCUT2D eigenvalue weighted by molar-refractivity contribution is 9.10. The monoisotopic (exact) mass is 490 g/mol. The lowest BCUT2D eigenvalue weighted by Crippen LogP contribution is -2.16. The lowest BCUT2D eigenvalue weighted by molar-refractivity contribution is -0.137. The van der Waals surface area contributed by atoms with Crippen LogP contribution in [0.3, 0.4) is 0 Å². The lowest BCUT2D eigenvalue weighted by atomic mass is 10.1. The van der Waals surface area contributed by atoms with Gasteiger partial charge in [-0.15, -0.1) is 0 Å². The Morgan fingerprint density at radius 3 is 2.37 bits per heavy atom. The molecule has 0 radical (unpaired) electrons. The average Bonchev–Trinajstić information content (AvgIpc) is 3.05. The van der Waals surface area contributed by atoms with Crippen LogP contribution in [0.2, 0.25) is 0 Å². The van der Waals surface area contributed by atoms with E-state index in [1.165, 1.54) is 19.1 Å². The van der Waals surface area contributed by atoms with Crippen molar-refractivity contribution < 1.29 is 35.9 Å².